The molecule has 0 aliphatic heterocycles. The Balaban J connectivity index is 1.88. The van der Waals surface area contributed by atoms with Gasteiger partial charge in [0.15, 0.2) is 0 Å². The normalized spacial score (nSPS) is 10.9. The average molecular weight is 510 g/mol. The van der Waals surface area contributed by atoms with Crippen molar-refractivity contribution in [2.75, 3.05) is 5.32 Å². The first-order valence-corrected chi connectivity index (χ1v) is 10.2. The first-order valence-electron chi connectivity index (χ1n) is 9.41. The number of amides is 2. The summed E-state index contributed by atoms with van der Waals surface area (Å²) in [6.45, 7) is 0. The molecule has 10 heteroatoms. The summed E-state index contributed by atoms with van der Waals surface area (Å²) in [4.78, 5) is 46.9. The molecule has 2 amide bonds. The number of carbonyl (C=O) groups is 3. The standard InChI is InChI=1S/C23H16BrN3O6/c24-17-7-3-15(4-8-17)21(28)26-20(13-14-1-11-19(12-2-14)27(32)33)22(29)25-18-9-5-16(6-10-18)23(30)31/h1-13H,(H,25,29)(H,26,28)(H,30,31). The van der Waals surface area contributed by atoms with E-state index in [9.17, 15) is 24.5 Å². The van der Waals surface area contributed by atoms with Crippen LogP contribution in [0.15, 0.2) is 83.0 Å². The van der Waals surface area contributed by atoms with Crippen molar-refractivity contribution in [3.8, 4) is 0 Å². The molecule has 33 heavy (non-hydrogen) atoms. The molecule has 0 aromatic heterocycles. The second-order valence-electron chi connectivity index (χ2n) is 6.70. The predicted molar refractivity (Wildman–Crippen MR) is 125 cm³/mol. The summed E-state index contributed by atoms with van der Waals surface area (Å²) in [6, 6.07) is 17.5. The van der Waals surface area contributed by atoms with Gasteiger partial charge in [0.25, 0.3) is 17.5 Å². The van der Waals surface area contributed by atoms with Gasteiger partial charge in [-0.05, 0) is 72.3 Å². The van der Waals surface area contributed by atoms with Gasteiger partial charge in [0, 0.05) is 27.9 Å². The van der Waals surface area contributed by atoms with Crippen LogP contribution in [0.3, 0.4) is 0 Å². The van der Waals surface area contributed by atoms with Crippen molar-refractivity contribution in [3.05, 3.63) is 110 Å². The molecule has 0 atom stereocenters. The molecular weight excluding hydrogens is 494 g/mol. The number of anilines is 1. The van der Waals surface area contributed by atoms with Gasteiger partial charge in [-0.1, -0.05) is 15.9 Å². The molecule has 0 saturated carbocycles. The van der Waals surface area contributed by atoms with Gasteiger partial charge in [0.1, 0.15) is 5.70 Å². The van der Waals surface area contributed by atoms with Gasteiger partial charge in [0.2, 0.25) is 0 Å². The molecule has 0 heterocycles. The molecule has 0 spiro atoms. The number of nitro benzene ring substituents is 1. The SMILES string of the molecule is O=C(Nc1ccc(C(=O)O)cc1)C(=Cc1ccc([N+](=O)[O-])cc1)NC(=O)c1ccc(Br)cc1. The van der Waals surface area contributed by atoms with Gasteiger partial charge in [0.05, 0.1) is 10.5 Å². The van der Waals surface area contributed by atoms with Gasteiger partial charge in [-0.15, -0.1) is 0 Å². The minimum Gasteiger partial charge on any atom is -0.478 e. The van der Waals surface area contributed by atoms with E-state index in [1.807, 2.05) is 0 Å². The topological polar surface area (TPSA) is 139 Å². The third kappa shape index (κ3) is 6.34. The molecule has 0 fully saturated rings. The third-order valence-electron chi connectivity index (χ3n) is 4.40. The van der Waals surface area contributed by atoms with Crippen molar-refractivity contribution in [1.82, 2.24) is 5.32 Å². The maximum atomic E-state index is 12.9. The number of hydrogen-bond donors (Lipinski definition) is 3. The Kier molecular flexibility index (Phi) is 7.31. The van der Waals surface area contributed by atoms with Crippen LogP contribution < -0.4 is 10.6 Å². The second-order valence-corrected chi connectivity index (χ2v) is 7.62. The van der Waals surface area contributed by atoms with E-state index in [0.717, 1.165) is 4.47 Å². The lowest BCUT2D eigenvalue weighted by Crippen LogP contribution is -2.30. The Labute approximate surface area is 196 Å². The fourth-order valence-corrected chi connectivity index (χ4v) is 2.97. The Morgan fingerprint density at radius 2 is 1.45 bits per heavy atom. The summed E-state index contributed by atoms with van der Waals surface area (Å²) >= 11 is 3.29. The molecule has 0 bridgehead atoms. The summed E-state index contributed by atoms with van der Waals surface area (Å²) < 4.78 is 0.781. The van der Waals surface area contributed by atoms with Gasteiger partial charge in [-0.25, -0.2) is 4.79 Å². The molecule has 166 valence electrons. The number of aromatic carboxylic acids is 1. The Hall–Kier alpha value is -4.31. The highest BCUT2D eigenvalue weighted by atomic mass is 79.9. The quantitative estimate of drug-likeness (QED) is 0.244. The summed E-state index contributed by atoms with van der Waals surface area (Å²) in [7, 11) is 0. The zero-order chi connectivity index (χ0) is 24.0. The summed E-state index contributed by atoms with van der Waals surface area (Å²) in [5.74, 6) is -2.30. The van der Waals surface area contributed by atoms with Crippen molar-refractivity contribution in [1.29, 1.82) is 0 Å². The molecular formula is C23H16BrN3O6. The smallest absolute Gasteiger partial charge is 0.335 e. The van der Waals surface area contributed by atoms with E-state index in [1.165, 1.54) is 54.6 Å². The number of nitrogens with one attached hydrogen (secondary N) is 2. The van der Waals surface area contributed by atoms with Gasteiger partial charge in [-0.2, -0.15) is 0 Å². The van der Waals surface area contributed by atoms with Gasteiger partial charge < -0.3 is 15.7 Å². The lowest BCUT2D eigenvalue weighted by molar-refractivity contribution is -0.384. The van der Waals surface area contributed by atoms with E-state index >= 15 is 0 Å². The van der Waals surface area contributed by atoms with Crippen LogP contribution in [0.1, 0.15) is 26.3 Å². The first-order chi connectivity index (χ1) is 15.7. The minimum absolute atomic E-state index is 0.0539. The van der Waals surface area contributed by atoms with E-state index < -0.39 is 22.7 Å². The second kappa shape index (κ2) is 10.3. The van der Waals surface area contributed by atoms with Crippen LogP contribution in [-0.2, 0) is 4.79 Å². The summed E-state index contributed by atoms with van der Waals surface area (Å²) in [5, 5.41) is 25.0. The average Bonchev–Trinajstić information content (AvgIpc) is 2.79. The largest absolute Gasteiger partial charge is 0.478 e. The number of rotatable bonds is 7. The molecule has 0 aliphatic carbocycles. The molecule has 9 nitrogen and oxygen atoms in total. The van der Waals surface area contributed by atoms with Crippen molar-refractivity contribution < 1.29 is 24.4 Å². The van der Waals surface area contributed by atoms with E-state index in [0.29, 0.717) is 16.8 Å². The fourth-order valence-electron chi connectivity index (χ4n) is 2.71. The van der Waals surface area contributed by atoms with Crippen molar-refractivity contribution in [3.63, 3.8) is 0 Å². The highest BCUT2D eigenvalue weighted by molar-refractivity contribution is 9.10. The van der Waals surface area contributed by atoms with Crippen molar-refractivity contribution >= 4 is 51.2 Å². The molecule has 3 rings (SSSR count). The van der Waals surface area contributed by atoms with E-state index in [1.54, 1.807) is 24.3 Å². The highest BCUT2D eigenvalue weighted by Gasteiger charge is 2.16. The van der Waals surface area contributed by atoms with Gasteiger partial charge in [-0.3, -0.25) is 19.7 Å². The fraction of sp³-hybridized carbons (Fsp3) is 0. The first kappa shape index (κ1) is 23.4. The number of non-ortho nitro benzene ring substituents is 1. The summed E-state index contributed by atoms with van der Waals surface area (Å²) in [5.41, 5.74) is 0.903. The van der Waals surface area contributed by atoms with Crippen LogP contribution >= 0.6 is 15.9 Å². The Bertz CT molecular complexity index is 1240. The number of hydrogen-bond acceptors (Lipinski definition) is 5. The lowest BCUT2D eigenvalue weighted by Gasteiger charge is -2.12. The van der Waals surface area contributed by atoms with E-state index in [4.69, 9.17) is 5.11 Å². The van der Waals surface area contributed by atoms with E-state index in [2.05, 4.69) is 26.6 Å². The van der Waals surface area contributed by atoms with Crippen molar-refractivity contribution in [2.24, 2.45) is 0 Å². The number of nitrogens with zero attached hydrogens (tertiary/aromatic N) is 1. The van der Waals surface area contributed by atoms with Gasteiger partial charge >= 0.3 is 5.97 Å². The zero-order valence-electron chi connectivity index (χ0n) is 16.8. The molecule has 3 N–H and O–H groups in total. The van der Waals surface area contributed by atoms with Crippen LogP contribution in [0.5, 0.6) is 0 Å². The van der Waals surface area contributed by atoms with Crippen LogP contribution in [0, 0.1) is 10.1 Å². The predicted octanol–water partition coefficient (Wildman–Crippen LogP) is 4.47. The molecule has 0 unspecified atom stereocenters. The molecule has 3 aromatic rings. The van der Waals surface area contributed by atoms with Crippen LogP contribution in [0.25, 0.3) is 6.08 Å². The number of nitro groups is 1. The summed E-state index contributed by atoms with van der Waals surface area (Å²) in [6.07, 6.45) is 1.38. The maximum absolute atomic E-state index is 12.9. The van der Waals surface area contributed by atoms with Crippen LogP contribution in [-0.4, -0.2) is 27.8 Å². The third-order valence-corrected chi connectivity index (χ3v) is 4.93. The molecule has 0 aliphatic rings. The molecule has 0 radical (unpaired) electrons. The number of carboxylic acid groups (broad SMARTS) is 1. The number of carbonyl (C=O) groups excluding carboxylic acids is 2. The number of benzene rings is 3. The maximum Gasteiger partial charge on any atom is 0.335 e. The molecule has 3 aromatic carbocycles. The Morgan fingerprint density at radius 1 is 0.879 bits per heavy atom. The minimum atomic E-state index is -1.10. The zero-order valence-corrected chi connectivity index (χ0v) is 18.4. The highest BCUT2D eigenvalue weighted by Crippen LogP contribution is 2.16. The van der Waals surface area contributed by atoms with Crippen LogP contribution in [0.2, 0.25) is 0 Å². The monoisotopic (exact) mass is 509 g/mol. The van der Waals surface area contributed by atoms with Crippen LogP contribution in [0.4, 0.5) is 11.4 Å². The Morgan fingerprint density at radius 3 is 2.00 bits per heavy atom. The number of carboxylic acids is 1. The van der Waals surface area contributed by atoms with Crippen molar-refractivity contribution in [2.45, 2.75) is 0 Å². The van der Waals surface area contributed by atoms with E-state index in [-0.39, 0.29) is 16.9 Å². The lowest BCUT2D eigenvalue weighted by atomic mass is 10.1. The molecule has 0 saturated heterocycles. The number of halogens is 1.